The smallest absolute Gasteiger partial charge is 0.114 e. The topological polar surface area (TPSA) is 44.6 Å². The van der Waals surface area contributed by atoms with Crippen molar-refractivity contribution in [2.75, 3.05) is 13.2 Å². The maximum atomic E-state index is 9.31. The van der Waals surface area contributed by atoms with Gasteiger partial charge < -0.3 is 10.4 Å². The van der Waals surface area contributed by atoms with E-state index in [0.717, 1.165) is 6.54 Å². The molecule has 1 aliphatic rings. The summed E-state index contributed by atoms with van der Waals surface area (Å²) in [7, 11) is 0. The minimum Gasteiger partial charge on any atom is -0.393 e. The number of aliphatic hydroxyl groups is 1. The summed E-state index contributed by atoms with van der Waals surface area (Å²) in [6.45, 7) is 1.50. The molecule has 1 aromatic carbocycles. The van der Waals surface area contributed by atoms with E-state index in [9.17, 15) is 5.11 Å². The van der Waals surface area contributed by atoms with Crippen molar-refractivity contribution < 1.29 is 5.11 Å². The minimum absolute atomic E-state index is 0.0434. The lowest BCUT2D eigenvalue weighted by atomic mass is 10.0. The van der Waals surface area contributed by atoms with E-state index >= 15 is 0 Å². The van der Waals surface area contributed by atoms with Gasteiger partial charge in [-0.15, -0.1) is 0 Å². The van der Waals surface area contributed by atoms with Crippen LogP contribution in [-0.4, -0.2) is 30.0 Å². The molecule has 1 heterocycles. The Bertz CT molecular complexity index is 372. The molecule has 0 spiro atoms. The molecule has 0 radical (unpaired) electrons. The summed E-state index contributed by atoms with van der Waals surface area (Å²) >= 11 is 0. The Balaban J connectivity index is 1.84. The van der Waals surface area contributed by atoms with Crippen molar-refractivity contribution in [3.63, 3.8) is 0 Å². The van der Waals surface area contributed by atoms with Gasteiger partial charge in [0.1, 0.15) is 5.54 Å². The van der Waals surface area contributed by atoms with Crippen LogP contribution < -0.4 is 5.32 Å². The Morgan fingerprint density at radius 1 is 1.25 bits per heavy atom. The highest BCUT2D eigenvalue weighted by atomic mass is 16.3. The average Bonchev–Trinajstić information content (AvgIpc) is 2.80. The number of hydrogen-bond donors (Lipinski definition) is 2. The number of nitrogens with zero attached hydrogens (tertiary/aromatic N) is 1. The quantitative estimate of drug-likeness (QED) is 0.775. The van der Waals surface area contributed by atoms with Crippen molar-refractivity contribution >= 4 is 6.21 Å². The molecule has 84 valence electrons. The lowest BCUT2D eigenvalue weighted by Crippen LogP contribution is -2.39. The van der Waals surface area contributed by atoms with E-state index in [0.29, 0.717) is 6.54 Å². The van der Waals surface area contributed by atoms with Crippen molar-refractivity contribution in [2.24, 2.45) is 4.99 Å². The highest BCUT2D eigenvalue weighted by Gasteiger charge is 2.26. The Labute approximate surface area is 95.5 Å². The van der Waals surface area contributed by atoms with Crippen LogP contribution in [0.5, 0.6) is 0 Å². The van der Waals surface area contributed by atoms with Gasteiger partial charge in [0.25, 0.3) is 0 Å². The van der Waals surface area contributed by atoms with Crippen LogP contribution >= 0.6 is 0 Å². The molecule has 0 saturated heterocycles. The van der Waals surface area contributed by atoms with Gasteiger partial charge in [0, 0.05) is 19.3 Å². The summed E-state index contributed by atoms with van der Waals surface area (Å²) in [5.74, 6) is 0. The third-order valence-corrected chi connectivity index (χ3v) is 2.70. The molecule has 0 saturated carbocycles. The van der Waals surface area contributed by atoms with Crippen molar-refractivity contribution in [3.05, 3.63) is 48.0 Å². The molecule has 0 bridgehead atoms. The highest BCUT2D eigenvalue weighted by Crippen LogP contribution is 2.15. The first-order chi connectivity index (χ1) is 7.85. The normalized spacial score (nSPS) is 22.8. The largest absolute Gasteiger partial charge is 0.393 e. The van der Waals surface area contributed by atoms with Crippen LogP contribution in [0.25, 0.3) is 0 Å². The zero-order chi connectivity index (χ0) is 11.3. The first-order valence-corrected chi connectivity index (χ1v) is 5.43. The van der Waals surface area contributed by atoms with Gasteiger partial charge in [-0.25, -0.2) is 0 Å². The van der Waals surface area contributed by atoms with E-state index in [1.54, 1.807) is 6.21 Å². The summed E-state index contributed by atoms with van der Waals surface area (Å²) in [6, 6.07) is 10.2. The van der Waals surface area contributed by atoms with Crippen LogP contribution in [-0.2, 0) is 6.54 Å². The minimum atomic E-state index is -0.450. The Morgan fingerprint density at radius 3 is 2.69 bits per heavy atom. The number of aliphatic imine (C=N–C) groups is 1. The summed E-state index contributed by atoms with van der Waals surface area (Å²) < 4.78 is 0. The number of aliphatic hydroxyl groups excluding tert-OH is 1. The Morgan fingerprint density at radius 2 is 2.06 bits per heavy atom. The summed E-state index contributed by atoms with van der Waals surface area (Å²) in [6.07, 6.45) is 5.55. The van der Waals surface area contributed by atoms with Crippen molar-refractivity contribution in [2.45, 2.75) is 12.1 Å². The predicted octanol–water partition coefficient (Wildman–Crippen LogP) is 1.15. The van der Waals surface area contributed by atoms with E-state index in [1.165, 1.54) is 5.56 Å². The molecule has 2 rings (SSSR count). The fourth-order valence-electron chi connectivity index (χ4n) is 1.73. The maximum absolute atomic E-state index is 9.31. The van der Waals surface area contributed by atoms with Gasteiger partial charge in [-0.2, -0.15) is 0 Å². The molecule has 0 aromatic heterocycles. The predicted molar refractivity (Wildman–Crippen MR) is 65.6 cm³/mol. The first kappa shape index (κ1) is 11.0. The molecular formula is C13H16N2O. The Kier molecular flexibility index (Phi) is 3.49. The summed E-state index contributed by atoms with van der Waals surface area (Å²) in [4.78, 5) is 4.27. The molecule has 3 nitrogen and oxygen atoms in total. The standard InChI is InChI=1S/C13H16N2O/c16-11-13(7-4-8-15-13)10-14-9-12-5-2-1-3-6-12/h1-8,14,16H,9-11H2. The van der Waals surface area contributed by atoms with Gasteiger partial charge in [0.15, 0.2) is 0 Å². The summed E-state index contributed by atoms with van der Waals surface area (Å²) in [5.41, 5.74) is 0.788. The van der Waals surface area contributed by atoms with Crippen LogP contribution in [0.15, 0.2) is 47.5 Å². The van der Waals surface area contributed by atoms with Gasteiger partial charge in [0.2, 0.25) is 0 Å². The number of nitrogens with one attached hydrogen (secondary N) is 1. The third-order valence-electron chi connectivity index (χ3n) is 2.70. The number of rotatable bonds is 5. The lowest BCUT2D eigenvalue weighted by Gasteiger charge is -2.21. The van der Waals surface area contributed by atoms with Crippen molar-refractivity contribution in [1.82, 2.24) is 5.32 Å². The van der Waals surface area contributed by atoms with Crippen LogP contribution in [0.2, 0.25) is 0 Å². The molecule has 0 amide bonds. The van der Waals surface area contributed by atoms with E-state index in [2.05, 4.69) is 22.4 Å². The lowest BCUT2D eigenvalue weighted by molar-refractivity contribution is 0.226. The second-order valence-corrected chi connectivity index (χ2v) is 3.99. The molecule has 1 atom stereocenters. The number of hydrogen-bond acceptors (Lipinski definition) is 3. The zero-order valence-corrected chi connectivity index (χ0v) is 9.13. The van der Waals surface area contributed by atoms with Crippen LogP contribution in [0.4, 0.5) is 0 Å². The molecule has 0 fully saturated rings. The average molecular weight is 216 g/mol. The Hall–Kier alpha value is -1.45. The monoisotopic (exact) mass is 216 g/mol. The highest BCUT2D eigenvalue weighted by molar-refractivity contribution is 5.75. The second-order valence-electron chi connectivity index (χ2n) is 3.99. The van der Waals surface area contributed by atoms with E-state index < -0.39 is 5.54 Å². The molecule has 0 aliphatic carbocycles. The second kappa shape index (κ2) is 5.05. The molecule has 16 heavy (non-hydrogen) atoms. The molecular weight excluding hydrogens is 200 g/mol. The van der Waals surface area contributed by atoms with Gasteiger partial charge in [0.05, 0.1) is 6.61 Å². The molecule has 3 heteroatoms. The molecule has 1 aliphatic heterocycles. The van der Waals surface area contributed by atoms with Crippen molar-refractivity contribution in [3.8, 4) is 0 Å². The SMILES string of the molecule is OCC1(CNCc2ccccc2)C=CC=N1. The third kappa shape index (κ3) is 2.56. The zero-order valence-electron chi connectivity index (χ0n) is 9.13. The van der Waals surface area contributed by atoms with Crippen LogP contribution in [0.1, 0.15) is 5.56 Å². The number of benzene rings is 1. The van der Waals surface area contributed by atoms with Crippen LogP contribution in [0, 0.1) is 0 Å². The van der Waals surface area contributed by atoms with Gasteiger partial charge in [-0.05, 0) is 11.6 Å². The fourth-order valence-corrected chi connectivity index (χ4v) is 1.73. The van der Waals surface area contributed by atoms with Gasteiger partial charge >= 0.3 is 0 Å². The van der Waals surface area contributed by atoms with Gasteiger partial charge in [-0.1, -0.05) is 36.4 Å². The van der Waals surface area contributed by atoms with E-state index in [4.69, 9.17) is 0 Å². The summed E-state index contributed by atoms with van der Waals surface area (Å²) in [5, 5.41) is 12.6. The van der Waals surface area contributed by atoms with E-state index in [1.807, 2.05) is 30.4 Å². The van der Waals surface area contributed by atoms with E-state index in [-0.39, 0.29) is 6.61 Å². The van der Waals surface area contributed by atoms with Crippen LogP contribution in [0.3, 0.4) is 0 Å². The fraction of sp³-hybridized carbons (Fsp3) is 0.308. The first-order valence-electron chi connectivity index (χ1n) is 5.43. The number of allylic oxidation sites excluding steroid dienone is 1. The molecule has 1 aromatic rings. The molecule has 1 unspecified atom stereocenters. The van der Waals surface area contributed by atoms with Gasteiger partial charge in [-0.3, -0.25) is 4.99 Å². The molecule has 2 N–H and O–H groups in total. The maximum Gasteiger partial charge on any atom is 0.114 e. The van der Waals surface area contributed by atoms with Crippen molar-refractivity contribution in [1.29, 1.82) is 0 Å².